The van der Waals surface area contributed by atoms with E-state index in [4.69, 9.17) is 4.74 Å². The average Bonchev–Trinajstić information content (AvgIpc) is 3.26. The number of unbranched alkanes of at least 4 members (excludes halogenated alkanes) is 1. The van der Waals surface area contributed by atoms with Gasteiger partial charge in [0.05, 0.1) is 12.2 Å². The number of hydrogen-bond donors (Lipinski definition) is 0. The first-order valence-electron chi connectivity index (χ1n) is 14.2. The summed E-state index contributed by atoms with van der Waals surface area (Å²) in [6.07, 6.45) is 7.65. The standard InChI is InChI=1S/C33H42FNO3/c1-8-10-12-24-28(25-14-11-13-23-21(5)29(34)16-20(4)31(23)25)18-35-30(24)17-26(32(38-7)22(6)36)27(33(35)37)15-19(3)9-2/h12,16-17,19,32H,8-11,13-15,18H2,1-7H3/b24-12-,28-25-. The number of pyridine rings is 1. The van der Waals surface area contributed by atoms with E-state index in [2.05, 4.69) is 26.8 Å². The van der Waals surface area contributed by atoms with Crippen LogP contribution in [0.3, 0.4) is 0 Å². The molecule has 204 valence electrons. The minimum atomic E-state index is -0.764. The molecule has 0 N–H and O–H groups in total. The highest BCUT2D eigenvalue weighted by atomic mass is 19.1. The van der Waals surface area contributed by atoms with E-state index < -0.39 is 6.10 Å². The lowest BCUT2D eigenvalue weighted by Gasteiger charge is -2.26. The SMILES string of the molecule is CCC/C=C1/C(=C2/CCCc3c(C)c(F)cc(C)c32)Cn2c1cc(C(OC)C(C)=O)c(CC(C)CC)c2=O. The van der Waals surface area contributed by atoms with Crippen LogP contribution in [0.25, 0.3) is 11.1 Å². The van der Waals surface area contributed by atoms with Gasteiger partial charge in [-0.15, -0.1) is 0 Å². The van der Waals surface area contributed by atoms with Crippen molar-refractivity contribution in [2.45, 2.75) is 99.1 Å². The summed E-state index contributed by atoms with van der Waals surface area (Å²) in [6, 6.07) is 3.69. The molecule has 4 rings (SSSR count). The summed E-state index contributed by atoms with van der Waals surface area (Å²) in [6.45, 7) is 12.3. The Balaban J connectivity index is 2.02. The normalized spacial score (nSPS) is 19.4. The van der Waals surface area contributed by atoms with Crippen LogP contribution in [-0.4, -0.2) is 17.5 Å². The second-order valence-electron chi connectivity index (χ2n) is 11.2. The Hall–Kier alpha value is -2.79. The van der Waals surface area contributed by atoms with Crippen LogP contribution in [0.5, 0.6) is 0 Å². The summed E-state index contributed by atoms with van der Waals surface area (Å²) in [5, 5.41) is 0. The first-order chi connectivity index (χ1) is 18.1. The van der Waals surface area contributed by atoms with Gasteiger partial charge in [-0.05, 0) is 115 Å². The molecular formula is C33H42FNO3. The Morgan fingerprint density at radius 2 is 1.92 bits per heavy atom. The van der Waals surface area contributed by atoms with Crippen molar-refractivity contribution < 1.29 is 13.9 Å². The van der Waals surface area contributed by atoms with Gasteiger partial charge in [0.2, 0.25) is 0 Å². The lowest BCUT2D eigenvalue weighted by atomic mass is 9.79. The molecule has 4 nitrogen and oxygen atoms in total. The summed E-state index contributed by atoms with van der Waals surface area (Å²) in [5.74, 6) is 0.0613. The van der Waals surface area contributed by atoms with Gasteiger partial charge in [-0.3, -0.25) is 9.59 Å². The van der Waals surface area contributed by atoms with Gasteiger partial charge in [-0.25, -0.2) is 4.39 Å². The summed E-state index contributed by atoms with van der Waals surface area (Å²) >= 11 is 0. The number of carbonyl (C=O) groups excluding carboxylic acids is 1. The van der Waals surface area contributed by atoms with Crippen molar-refractivity contribution in [1.82, 2.24) is 4.57 Å². The Morgan fingerprint density at radius 3 is 2.55 bits per heavy atom. The number of ketones is 1. The number of ether oxygens (including phenoxy) is 1. The van der Waals surface area contributed by atoms with Crippen molar-refractivity contribution in [3.05, 3.63) is 79.0 Å². The molecule has 1 aromatic carbocycles. The molecule has 0 saturated carbocycles. The quantitative estimate of drug-likeness (QED) is 0.364. The van der Waals surface area contributed by atoms with Crippen molar-refractivity contribution in [3.8, 4) is 0 Å². The minimum absolute atomic E-state index is 0.0258. The lowest BCUT2D eigenvalue weighted by Crippen LogP contribution is -2.29. The summed E-state index contributed by atoms with van der Waals surface area (Å²) in [4.78, 5) is 26.7. The van der Waals surface area contributed by atoms with Crippen LogP contribution in [0.1, 0.15) is 105 Å². The van der Waals surface area contributed by atoms with Gasteiger partial charge >= 0.3 is 0 Å². The van der Waals surface area contributed by atoms with Crippen LogP contribution in [0.15, 0.2) is 28.6 Å². The first-order valence-corrected chi connectivity index (χ1v) is 14.2. The minimum Gasteiger partial charge on any atom is -0.369 e. The molecule has 1 aliphatic heterocycles. The van der Waals surface area contributed by atoms with Crippen molar-refractivity contribution in [2.24, 2.45) is 5.92 Å². The number of Topliss-reactive ketones (excluding diaryl/α,β-unsaturated/α-hetero) is 1. The van der Waals surface area contributed by atoms with E-state index in [9.17, 15) is 14.0 Å². The molecular weight excluding hydrogens is 477 g/mol. The van der Waals surface area contributed by atoms with Gasteiger partial charge < -0.3 is 9.30 Å². The number of hydrogen-bond acceptors (Lipinski definition) is 3. The first kappa shape index (κ1) is 28.2. The number of aryl methyl sites for hydroxylation is 1. The third kappa shape index (κ3) is 4.98. The van der Waals surface area contributed by atoms with Crippen LogP contribution >= 0.6 is 0 Å². The summed E-state index contributed by atoms with van der Waals surface area (Å²) in [5.41, 5.74) is 9.63. The molecule has 0 radical (unpaired) electrons. The zero-order valence-corrected chi connectivity index (χ0v) is 24.1. The second-order valence-corrected chi connectivity index (χ2v) is 11.2. The second kappa shape index (κ2) is 11.5. The largest absolute Gasteiger partial charge is 0.369 e. The maximum Gasteiger partial charge on any atom is 0.254 e. The van der Waals surface area contributed by atoms with Gasteiger partial charge in [0.1, 0.15) is 11.9 Å². The van der Waals surface area contributed by atoms with Crippen LogP contribution in [0.4, 0.5) is 4.39 Å². The molecule has 0 saturated heterocycles. The highest BCUT2D eigenvalue weighted by Gasteiger charge is 2.33. The fourth-order valence-corrected chi connectivity index (χ4v) is 6.25. The topological polar surface area (TPSA) is 48.3 Å². The molecule has 2 aliphatic rings. The molecule has 0 bridgehead atoms. The number of halogens is 1. The molecule has 2 aromatic rings. The maximum absolute atomic E-state index is 14.7. The number of rotatable bonds is 8. The molecule has 2 unspecified atom stereocenters. The van der Waals surface area contributed by atoms with Crippen molar-refractivity contribution >= 4 is 16.9 Å². The van der Waals surface area contributed by atoms with Gasteiger partial charge in [0.25, 0.3) is 5.56 Å². The van der Waals surface area contributed by atoms with E-state index in [0.717, 1.165) is 77.6 Å². The third-order valence-corrected chi connectivity index (χ3v) is 8.50. The van der Waals surface area contributed by atoms with E-state index in [1.165, 1.54) is 19.6 Å². The van der Waals surface area contributed by atoms with Crippen LogP contribution < -0.4 is 5.56 Å². The van der Waals surface area contributed by atoms with Gasteiger partial charge in [-0.1, -0.05) is 39.7 Å². The molecule has 0 amide bonds. The van der Waals surface area contributed by atoms with E-state index >= 15 is 0 Å². The van der Waals surface area contributed by atoms with E-state index in [1.807, 2.05) is 24.5 Å². The van der Waals surface area contributed by atoms with E-state index in [-0.39, 0.29) is 17.2 Å². The third-order valence-electron chi connectivity index (χ3n) is 8.50. The predicted octanol–water partition coefficient (Wildman–Crippen LogP) is 7.46. The summed E-state index contributed by atoms with van der Waals surface area (Å²) in [7, 11) is 1.54. The number of benzene rings is 1. The number of nitrogens with zero attached hydrogens (tertiary/aromatic N) is 1. The van der Waals surface area contributed by atoms with E-state index in [1.54, 1.807) is 6.07 Å². The van der Waals surface area contributed by atoms with Crippen LogP contribution in [0, 0.1) is 25.6 Å². The maximum atomic E-state index is 14.7. The number of methoxy groups -OCH3 is 1. The fourth-order valence-electron chi connectivity index (χ4n) is 6.25. The predicted molar refractivity (Wildman–Crippen MR) is 153 cm³/mol. The zero-order valence-electron chi connectivity index (χ0n) is 24.1. The number of carbonyl (C=O) groups is 1. The van der Waals surface area contributed by atoms with E-state index in [0.29, 0.717) is 30.0 Å². The van der Waals surface area contributed by atoms with Crippen LogP contribution in [-0.2, 0) is 28.9 Å². The monoisotopic (exact) mass is 519 g/mol. The van der Waals surface area contributed by atoms with Gasteiger partial charge in [0, 0.05) is 12.7 Å². The lowest BCUT2D eigenvalue weighted by molar-refractivity contribution is -0.126. The molecule has 2 atom stereocenters. The van der Waals surface area contributed by atoms with Gasteiger partial charge in [-0.2, -0.15) is 0 Å². The molecule has 0 fully saturated rings. The Bertz CT molecular complexity index is 1380. The molecule has 5 heteroatoms. The average molecular weight is 520 g/mol. The molecule has 0 spiro atoms. The number of fused-ring (bicyclic) bond motifs is 2. The highest BCUT2D eigenvalue weighted by Crippen LogP contribution is 2.44. The Morgan fingerprint density at radius 1 is 1.18 bits per heavy atom. The van der Waals surface area contributed by atoms with Crippen molar-refractivity contribution in [3.63, 3.8) is 0 Å². The van der Waals surface area contributed by atoms with Crippen molar-refractivity contribution in [2.75, 3.05) is 7.11 Å². The number of aromatic nitrogens is 1. The van der Waals surface area contributed by atoms with Crippen LogP contribution in [0.2, 0.25) is 0 Å². The number of allylic oxidation sites excluding steroid dienone is 4. The zero-order chi connectivity index (χ0) is 27.7. The fraction of sp³-hybridized carbons (Fsp3) is 0.515. The van der Waals surface area contributed by atoms with Gasteiger partial charge in [0.15, 0.2) is 5.78 Å². The Kier molecular flexibility index (Phi) is 8.56. The Labute approximate surface area is 226 Å². The van der Waals surface area contributed by atoms with Crippen molar-refractivity contribution in [1.29, 1.82) is 0 Å². The molecule has 1 aliphatic carbocycles. The molecule has 2 heterocycles. The highest BCUT2D eigenvalue weighted by molar-refractivity contribution is 5.93. The molecule has 38 heavy (non-hydrogen) atoms. The molecule has 1 aromatic heterocycles. The summed E-state index contributed by atoms with van der Waals surface area (Å²) < 4.78 is 22.2. The smallest absolute Gasteiger partial charge is 0.254 e.